The minimum atomic E-state index is 0. The fourth-order valence-corrected chi connectivity index (χ4v) is 5.26. The molecule has 2 aromatic rings. The lowest BCUT2D eigenvalue weighted by Crippen LogP contribution is -2.37. The van der Waals surface area contributed by atoms with Crippen molar-refractivity contribution in [3.8, 4) is 0 Å². The first-order valence-corrected chi connectivity index (χ1v) is 13.2. The lowest BCUT2D eigenvalue weighted by atomic mass is 10.6. The van der Waals surface area contributed by atoms with Gasteiger partial charge < -0.3 is 39.0 Å². The summed E-state index contributed by atoms with van der Waals surface area (Å²) in [5.41, 5.74) is 23.3. The fourth-order valence-electron chi connectivity index (χ4n) is 1.94. The molecule has 2 rings (SSSR count). The van der Waals surface area contributed by atoms with Gasteiger partial charge in [-0.05, 0) is 12.2 Å². The molecule has 11 nitrogen and oxygen atoms in total. The Bertz CT molecular complexity index is 803. The first kappa shape index (κ1) is 33.9. The second kappa shape index (κ2) is 19.1. The lowest BCUT2D eigenvalue weighted by Gasteiger charge is -2.09. The van der Waals surface area contributed by atoms with Crippen LogP contribution >= 0.6 is 83.2 Å². The Kier molecular flexibility index (Phi) is 19.6. The van der Waals surface area contributed by atoms with Gasteiger partial charge in [-0.15, -0.1) is 47.5 Å². The SMILES string of the molecule is Cl.Cl.NC(N)=Nc1nc(CSCCNC(=S)NCCSCc2csc(N=C(N)N)n2)cs1.O. The van der Waals surface area contributed by atoms with Gasteiger partial charge in [0.05, 0.1) is 11.4 Å². The van der Waals surface area contributed by atoms with Crippen molar-refractivity contribution in [1.29, 1.82) is 0 Å². The highest BCUT2D eigenvalue weighted by Crippen LogP contribution is 2.22. The molecule has 0 aromatic carbocycles. The van der Waals surface area contributed by atoms with Crippen molar-refractivity contribution < 1.29 is 5.48 Å². The summed E-state index contributed by atoms with van der Waals surface area (Å²) in [5.74, 6) is 3.47. The van der Waals surface area contributed by atoms with Crippen molar-refractivity contribution >= 4 is 111 Å². The van der Waals surface area contributed by atoms with Gasteiger partial charge in [0.15, 0.2) is 17.0 Å². The van der Waals surface area contributed by atoms with E-state index in [2.05, 4.69) is 30.6 Å². The molecule has 18 heteroatoms. The number of aromatic nitrogens is 2. The number of thiazole rings is 2. The molecule has 12 N–H and O–H groups in total. The molecule has 0 saturated carbocycles. The number of thiocarbonyl (C=S) groups is 1. The molecule has 0 radical (unpaired) electrons. The number of nitrogens with one attached hydrogen (secondary N) is 2. The summed E-state index contributed by atoms with van der Waals surface area (Å²) in [7, 11) is 0. The van der Waals surface area contributed by atoms with Gasteiger partial charge in [0.25, 0.3) is 0 Å². The molecule has 2 heterocycles. The molecule has 0 unspecified atom stereocenters. The van der Waals surface area contributed by atoms with E-state index in [1.165, 1.54) is 22.7 Å². The van der Waals surface area contributed by atoms with Crippen LogP contribution in [0.3, 0.4) is 0 Å². The first-order chi connectivity index (χ1) is 14.4. The quantitative estimate of drug-likeness (QED) is 0.0884. The summed E-state index contributed by atoms with van der Waals surface area (Å²) in [6.07, 6.45) is 0. The van der Waals surface area contributed by atoms with Crippen LogP contribution in [0.2, 0.25) is 0 Å². The molecular formula is C15H28Cl2N10OS5. The Hall–Kier alpha value is -1.27. The maximum atomic E-state index is 5.34. The third-order valence-corrected chi connectivity index (χ3v) is 6.93. The third-order valence-electron chi connectivity index (χ3n) is 3.09. The normalized spacial score (nSPS) is 9.45. The second-order valence-electron chi connectivity index (χ2n) is 5.60. The van der Waals surface area contributed by atoms with Gasteiger partial charge >= 0.3 is 0 Å². The number of thioether (sulfide) groups is 2. The minimum absolute atomic E-state index is 0. The van der Waals surface area contributed by atoms with Crippen molar-refractivity contribution in [3.05, 3.63) is 22.1 Å². The van der Waals surface area contributed by atoms with Crippen LogP contribution in [-0.4, -0.2) is 57.1 Å². The molecule has 2 aromatic heterocycles. The van der Waals surface area contributed by atoms with Crippen LogP contribution in [0.1, 0.15) is 11.4 Å². The Morgan fingerprint density at radius 1 is 0.848 bits per heavy atom. The van der Waals surface area contributed by atoms with Crippen molar-refractivity contribution in [2.24, 2.45) is 32.9 Å². The predicted octanol–water partition coefficient (Wildman–Crippen LogP) is 1.06. The molecule has 0 aliphatic carbocycles. The van der Waals surface area contributed by atoms with E-state index >= 15 is 0 Å². The number of rotatable bonds is 12. The first-order valence-electron chi connectivity index (χ1n) is 8.67. The molecule has 0 saturated heterocycles. The summed E-state index contributed by atoms with van der Waals surface area (Å²) in [4.78, 5) is 16.6. The summed E-state index contributed by atoms with van der Waals surface area (Å²) in [6.45, 7) is 1.56. The summed E-state index contributed by atoms with van der Waals surface area (Å²) >= 11 is 11.7. The highest BCUT2D eigenvalue weighted by atomic mass is 35.5. The average Bonchev–Trinajstić information content (AvgIpc) is 3.29. The average molecular weight is 596 g/mol. The van der Waals surface area contributed by atoms with E-state index in [4.69, 9.17) is 35.2 Å². The zero-order chi connectivity index (χ0) is 21.8. The van der Waals surface area contributed by atoms with Crippen LogP contribution < -0.4 is 33.6 Å². The van der Waals surface area contributed by atoms with Gasteiger partial charge in [0.1, 0.15) is 0 Å². The van der Waals surface area contributed by atoms with Crippen LogP contribution in [0.25, 0.3) is 0 Å². The highest BCUT2D eigenvalue weighted by molar-refractivity contribution is 7.98. The molecule has 0 spiro atoms. The van der Waals surface area contributed by atoms with Gasteiger partial charge in [-0.2, -0.15) is 33.5 Å². The minimum Gasteiger partial charge on any atom is -0.412 e. The molecule has 0 aliphatic heterocycles. The summed E-state index contributed by atoms with van der Waals surface area (Å²) in [5, 5.41) is 12.1. The lowest BCUT2D eigenvalue weighted by molar-refractivity contribution is 0.824. The maximum absolute atomic E-state index is 5.34. The van der Waals surface area contributed by atoms with E-state index in [1.54, 1.807) is 23.5 Å². The Morgan fingerprint density at radius 3 is 1.61 bits per heavy atom. The Labute approximate surface area is 226 Å². The van der Waals surface area contributed by atoms with Gasteiger partial charge in [0.2, 0.25) is 10.3 Å². The number of guanidine groups is 2. The molecule has 0 amide bonds. The monoisotopic (exact) mass is 594 g/mol. The van der Waals surface area contributed by atoms with Crippen LogP contribution in [0.15, 0.2) is 20.7 Å². The third kappa shape index (κ3) is 15.3. The number of aliphatic imine (C=N–C) groups is 2. The number of hydrogen-bond acceptors (Lipinski definition) is 9. The number of nitrogens with two attached hydrogens (primary N) is 4. The highest BCUT2D eigenvalue weighted by Gasteiger charge is 2.03. The van der Waals surface area contributed by atoms with Gasteiger partial charge in [-0.25, -0.2) is 9.97 Å². The van der Waals surface area contributed by atoms with Crippen LogP contribution in [-0.2, 0) is 11.5 Å². The van der Waals surface area contributed by atoms with Crippen molar-refractivity contribution in [3.63, 3.8) is 0 Å². The Balaban J connectivity index is 0. The fraction of sp³-hybridized carbons (Fsp3) is 0.400. The van der Waals surface area contributed by atoms with Gasteiger partial charge in [-0.3, -0.25) is 0 Å². The van der Waals surface area contributed by atoms with Crippen molar-refractivity contribution in [1.82, 2.24) is 20.6 Å². The van der Waals surface area contributed by atoms with Crippen LogP contribution in [0, 0.1) is 0 Å². The van der Waals surface area contributed by atoms with Gasteiger partial charge in [-0.1, -0.05) is 0 Å². The smallest absolute Gasteiger partial charge is 0.212 e. The molecule has 0 aliphatic rings. The van der Waals surface area contributed by atoms with E-state index in [1.807, 2.05) is 10.8 Å². The number of hydrogen-bond donors (Lipinski definition) is 6. The summed E-state index contributed by atoms with van der Waals surface area (Å²) < 4.78 is 0. The topological polar surface area (TPSA) is 210 Å². The molecule has 0 fully saturated rings. The van der Waals surface area contributed by atoms with Crippen molar-refractivity contribution in [2.75, 3.05) is 24.6 Å². The van der Waals surface area contributed by atoms with E-state index in [9.17, 15) is 0 Å². The van der Waals surface area contributed by atoms with Crippen LogP contribution in [0.4, 0.5) is 10.3 Å². The van der Waals surface area contributed by atoms with Crippen LogP contribution in [0.5, 0.6) is 0 Å². The van der Waals surface area contributed by atoms with Gasteiger partial charge in [0, 0.05) is 46.9 Å². The van der Waals surface area contributed by atoms with E-state index in [0.717, 1.165) is 47.5 Å². The van der Waals surface area contributed by atoms with E-state index in [-0.39, 0.29) is 42.2 Å². The zero-order valence-electron chi connectivity index (χ0n) is 17.4. The number of halogens is 2. The molecular weight excluding hydrogens is 567 g/mol. The Morgan fingerprint density at radius 2 is 1.24 bits per heavy atom. The molecule has 188 valence electrons. The molecule has 33 heavy (non-hydrogen) atoms. The molecule has 0 bridgehead atoms. The standard InChI is InChI=1S/C15H24N10S5.2ClH.H2O/c16-11(17)24-14-22-9(7-29-14)5-27-3-1-20-13(26)21-2-4-28-6-10-8-30-15(23-10)25-12(18)19;;;/h7-8H,1-6H2,(H2,20,21,26)(H4,16,17,22,24)(H4,18,19,23,25);2*1H;1H2. The van der Waals surface area contributed by atoms with E-state index in [0.29, 0.717) is 15.4 Å². The molecule has 0 atom stereocenters. The maximum Gasteiger partial charge on any atom is 0.212 e. The largest absolute Gasteiger partial charge is 0.412 e. The number of nitrogens with zero attached hydrogens (tertiary/aromatic N) is 4. The summed E-state index contributed by atoms with van der Waals surface area (Å²) in [6, 6.07) is 0. The zero-order valence-corrected chi connectivity index (χ0v) is 23.1. The van der Waals surface area contributed by atoms with E-state index < -0.39 is 0 Å². The second-order valence-corrected chi connectivity index (χ2v) is 9.90. The van der Waals surface area contributed by atoms with Crippen molar-refractivity contribution in [2.45, 2.75) is 11.5 Å². The predicted molar refractivity (Wildman–Crippen MR) is 154 cm³/mol.